The van der Waals surface area contributed by atoms with Crippen molar-refractivity contribution in [1.29, 1.82) is 0 Å². The zero-order valence-corrected chi connectivity index (χ0v) is 22.3. The van der Waals surface area contributed by atoms with Crippen molar-refractivity contribution in [2.24, 2.45) is 16.6 Å². The van der Waals surface area contributed by atoms with Crippen LogP contribution in [-0.4, -0.2) is 33.6 Å². The number of imide groups is 1. The lowest BCUT2D eigenvalue weighted by Crippen LogP contribution is -2.47. The predicted octanol–water partition coefficient (Wildman–Crippen LogP) is 5.71. The number of rotatable bonds is 4. The first-order valence-corrected chi connectivity index (χ1v) is 12.8. The first-order chi connectivity index (χ1) is 19.4. The second-order valence-electron chi connectivity index (χ2n) is 10.6. The number of aromatic nitrogens is 1. The summed E-state index contributed by atoms with van der Waals surface area (Å²) in [6, 6.07) is 9.99. The van der Waals surface area contributed by atoms with Crippen molar-refractivity contribution in [3.05, 3.63) is 89.0 Å². The van der Waals surface area contributed by atoms with Crippen molar-refractivity contribution in [2.75, 3.05) is 4.90 Å². The van der Waals surface area contributed by atoms with Crippen molar-refractivity contribution < 1.29 is 28.3 Å². The fraction of sp³-hybridized carbons (Fsp3) is 0.161. The average Bonchev–Trinajstić information content (AvgIpc) is 3.28. The molecule has 2 heterocycles. The van der Waals surface area contributed by atoms with Crippen molar-refractivity contribution in [2.45, 2.75) is 26.4 Å². The van der Waals surface area contributed by atoms with Crippen LogP contribution in [0.2, 0.25) is 0 Å². The Hall–Kier alpha value is -4.96. The summed E-state index contributed by atoms with van der Waals surface area (Å²) in [6.45, 7) is 4.90. The number of amides is 4. The Morgan fingerprint density at radius 2 is 1.90 bits per heavy atom. The van der Waals surface area contributed by atoms with E-state index in [4.69, 9.17) is 5.73 Å². The minimum Gasteiger partial charge on any atom is -0.386 e. The summed E-state index contributed by atoms with van der Waals surface area (Å²) >= 11 is 0. The Morgan fingerprint density at radius 1 is 1.15 bits per heavy atom. The molecule has 1 unspecified atom stereocenters. The van der Waals surface area contributed by atoms with Crippen LogP contribution in [0.5, 0.6) is 0 Å². The molecule has 3 aromatic carbocycles. The van der Waals surface area contributed by atoms with Gasteiger partial charge in [0.2, 0.25) is 5.91 Å². The monoisotopic (exact) mass is 554 g/mol. The normalized spacial score (nSPS) is 17.2. The third-order valence-corrected chi connectivity index (χ3v) is 7.59. The molecule has 10 heteroatoms. The van der Waals surface area contributed by atoms with Crippen molar-refractivity contribution >= 4 is 51.1 Å². The fourth-order valence-electron chi connectivity index (χ4n) is 5.53. The van der Waals surface area contributed by atoms with E-state index in [1.165, 1.54) is 18.2 Å². The second-order valence-corrected chi connectivity index (χ2v) is 10.6. The summed E-state index contributed by atoms with van der Waals surface area (Å²) < 4.78 is 30.3. The second kappa shape index (κ2) is 9.03. The van der Waals surface area contributed by atoms with Gasteiger partial charge in [0.15, 0.2) is 0 Å². The van der Waals surface area contributed by atoms with Gasteiger partial charge in [0.05, 0.1) is 28.1 Å². The van der Waals surface area contributed by atoms with Crippen molar-refractivity contribution in [3.63, 3.8) is 0 Å². The molecule has 2 aliphatic rings. The highest BCUT2D eigenvalue weighted by Gasteiger charge is 2.40. The lowest BCUT2D eigenvalue weighted by Gasteiger charge is -2.30. The molecule has 6 rings (SSSR count). The zero-order valence-electron chi connectivity index (χ0n) is 22.3. The van der Waals surface area contributed by atoms with Crippen molar-refractivity contribution in [3.8, 4) is 11.1 Å². The van der Waals surface area contributed by atoms with Gasteiger partial charge in [-0.25, -0.2) is 18.5 Å². The number of fused-ring (bicyclic) bond motifs is 4. The lowest BCUT2D eigenvalue weighted by molar-refractivity contribution is -0.118. The topological polar surface area (TPSA) is 129 Å². The Morgan fingerprint density at radius 3 is 2.61 bits per heavy atom. The van der Waals surface area contributed by atoms with E-state index in [2.05, 4.69) is 9.98 Å². The largest absolute Gasteiger partial charge is 0.386 e. The number of primary amides is 1. The number of anilines is 1. The van der Waals surface area contributed by atoms with E-state index in [9.17, 15) is 23.9 Å². The van der Waals surface area contributed by atoms with Crippen LogP contribution in [0, 0.1) is 18.7 Å². The number of nitrogens with one attached hydrogen (secondary N) is 1. The summed E-state index contributed by atoms with van der Waals surface area (Å²) in [5.41, 5.74) is 6.63. The van der Waals surface area contributed by atoms with Gasteiger partial charge in [-0.2, -0.15) is 4.99 Å². The summed E-state index contributed by atoms with van der Waals surface area (Å²) in [5, 5.41) is 11.5. The van der Waals surface area contributed by atoms with E-state index in [1.54, 1.807) is 51.1 Å². The summed E-state index contributed by atoms with van der Waals surface area (Å²) in [5.74, 6) is -4.08. The molecule has 1 aliphatic heterocycles. The summed E-state index contributed by atoms with van der Waals surface area (Å²) in [7, 11) is 0. The van der Waals surface area contributed by atoms with Crippen LogP contribution in [0.1, 0.15) is 35.3 Å². The SMILES string of the molecule is Cc1c(-c2c(F)cc(C(N)=O)c3[nH]c4cc(C(C)(C)O)ccc4c23)cccc1N1C(=O)N=C2C(F)=CC=CC2C1=O. The van der Waals surface area contributed by atoms with E-state index in [0.29, 0.717) is 38.5 Å². The fourth-order valence-corrected chi connectivity index (χ4v) is 5.53. The highest BCUT2D eigenvalue weighted by atomic mass is 19.1. The molecule has 4 aromatic rings. The number of allylic oxidation sites excluding steroid dienone is 3. The number of aromatic amines is 1. The number of carbonyl (C=O) groups is 3. The molecule has 0 bridgehead atoms. The number of nitrogens with two attached hydrogens (primary N) is 1. The van der Waals surface area contributed by atoms with Crippen LogP contribution >= 0.6 is 0 Å². The van der Waals surface area contributed by atoms with Crippen LogP contribution in [0.25, 0.3) is 32.9 Å². The van der Waals surface area contributed by atoms with Crippen LogP contribution < -0.4 is 10.6 Å². The maximum Gasteiger partial charge on any atom is 0.355 e. The number of halogens is 2. The number of benzene rings is 3. The molecule has 0 saturated heterocycles. The highest BCUT2D eigenvalue weighted by Crippen LogP contribution is 2.42. The van der Waals surface area contributed by atoms with Gasteiger partial charge >= 0.3 is 6.03 Å². The van der Waals surface area contributed by atoms with Gasteiger partial charge in [-0.3, -0.25) is 9.59 Å². The van der Waals surface area contributed by atoms with Crippen molar-refractivity contribution in [1.82, 2.24) is 4.98 Å². The van der Waals surface area contributed by atoms with Crippen LogP contribution in [0.4, 0.5) is 19.3 Å². The highest BCUT2D eigenvalue weighted by molar-refractivity contribution is 6.31. The molecule has 0 saturated carbocycles. The average molecular weight is 555 g/mol. The number of hydrogen-bond acceptors (Lipinski definition) is 4. The molecule has 4 N–H and O–H groups in total. The molecule has 206 valence electrons. The van der Waals surface area contributed by atoms with Gasteiger partial charge in [-0.1, -0.05) is 36.4 Å². The number of carbonyl (C=O) groups excluding carboxylic acids is 3. The standard InChI is InChI=1S/C31H24F2N4O4/c1-14-16(6-5-9-23(14)37-29(39)18-7-4-8-20(32)26(18)36-30(37)40)24-21(33)13-19(28(34)38)27-25(24)17-11-10-15(31(2,3)41)12-22(17)35-27/h4-13,18,35,41H,1-3H3,(H2,34,38). The van der Waals surface area contributed by atoms with Gasteiger partial charge in [0.1, 0.15) is 17.6 Å². The Labute approximate surface area is 232 Å². The lowest BCUT2D eigenvalue weighted by atomic mass is 9.90. The maximum atomic E-state index is 16.0. The Balaban J connectivity index is 1.60. The molecule has 0 radical (unpaired) electrons. The molecule has 4 amide bonds. The molecule has 1 atom stereocenters. The molecule has 41 heavy (non-hydrogen) atoms. The molecular formula is C31H24F2N4O4. The number of aliphatic imine (C=N–C) groups is 1. The third-order valence-electron chi connectivity index (χ3n) is 7.59. The van der Waals surface area contributed by atoms with E-state index >= 15 is 4.39 Å². The third kappa shape index (κ3) is 3.98. The Kier molecular flexibility index (Phi) is 5.79. The summed E-state index contributed by atoms with van der Waals surface area (Å²) in [6.07, 6.45) is 3.98. The van der Waals surface area contributed by atoms with E-state index in [-0.39, 0.29) is 22.5 Å². The van der Waals surface area contributed by atoms with Gasteiger partial charge < -0.3 is 15.8 Å². The number of hydrogen-bond donors (Lipinski definition) is 3. The first-order valence-electron chi connectivity index (χ1n) is 12.8. The maximum absolute atomic E-state index is 16.0. The number of H-pyrrole nitrogens is 1. The summed E-state index contributed by atoms with van der Waals surface area (Å²) in [4.78, 5) is 46.6. The molecule has 1 aliphatic carbocycles. The molecule has 0 fully saturated rings. The van der Waals surface area contributed by atoms with Gasteiger partial charge in [-0.15, -0.1) is 0 Å². The van der Waals surface area contributed by atoms with E-state index in [1.807, 2.05) is 0 Å². The van der Waals surface area contributed by atoms with Gasteiger partial charge in [0.25, 0.3) is 5.91 Å². The minimum absolute atomic E-state index is 0.0570. The van der Waals surface area contributed by atoms with Gasteiger partial charge in [-0.05, 0) is 61.7 Å². The quantitative estimate of drug-likeness (QED) is 0.298. The molecule has 8 nitrogen and oxygen atoms in total. The Bertz CT molecular complexity index is 1950. The smallest absolute Gasteiger partial charge is 0.355 e. The van der Waals surface area contributed by atoms with Crippen LogP contribution in [0.15, 0.2) is 71.5 Å². The molecule has 1 aromatic heterocycles. The minimum atomic E-state index is -1.15. The number of aliphatic hydroxyl groups is 1. The van der Waals surface area contributed by atoms with Crippen LogP contribution in [0.3, 0.4) is 0 Å². The number of urea groups is 1. The van der Waals surface area contributed by atoms with Gasteiger partial charge in [0, 0.05) is 21.9 Å². The van der Waals surface area contributed by atoms with Crippen LogP contribution in [-0.2, 0) is 10.4 Å². The number of nitrogens with zero attached hydrogens (tertiary/aromatic N) is 2. The molecule has 0 spiro atoms. The molecular weight excluding hydrogens is 530 g/mol. The predicted molar refractivity (Wildman–Crippen MR) is 152 cm³/mol. The first kappa shape index (κ1) is 26.3. The zero-order chi connectivity index (χ0) is 29.4. The van der Waals surface area contributed by atoms with E-state index < -0.39 is 41.0 Å². The van der Waals surface area contributed by atoms with E-state index in [0.717, 1.165) is 17.0 Å².